The molecular formula is C9H15FOS. The monoisotopic (exact) mass is 190 g/mol. The van der Waals surface area contributed by atoms with Gasteiger partial charge in [0, 0.05) is 0 Å². The van der Waals surface area contributed by atoms with E-state index in [4.69, 9.17) is 0 Å². The lowest BCUT2D eigenvalue weighted by Gasteiger charge is -2.44. The first-order chi connectivity index (χ1) is 5.58. The summed E-state index contributed by atoms with van der Waals surface area (Å²) in [6.07, 6.45) is 0.880. The van der Waals surface area contributed by atoms with Crippen LogP contribution < -0.4 is 0 Å². The molecule has 0 aromatic heterocycles. The van der Waals surface area contributed by atoms with Crippen molar-refractivity contribution in [3.8, 4) is 0 Å². The van der Waals surface area contributed by atoms with Crippen molar-refractivity contribution in [3.05, 3.63) is 0 Å². The molecule has 2 atom stereocenters. The smallest absolute Gasteiger partial charge is 0.109 e. The number of thioether (sulfide) groups is 1. The van der Waals surface area contributed by atoms with Gasteiger partial charge < -0.3 is 5.11 Å². The van der Waals surface area contributed by atoms with E-state index in [0.29, 0.717) is 12.8 Å². The predicted octanol–water partition coefficient (Wildman–Crippen LogP) is 1.85. The van der Waals surface area contributed by atoms with Crippen LogP contribution >= 0.6 is 11.8 Å². The minimum Gasteiger partial charge on any atom is -0.392 e. The van der Waals surface area contributed by atoms with Crippen LogP contribution in [0.1, 0.15) is 19.8 Å². The molecule has 0 radical (unpaired) electrons. The first-order valence-corrected chi connectivity index (χ1v) is 5.69. The highest BCUT2D eigenvalue weighted by atomic mass is 32.2. The Morgan fingerprint density at radius 1 is 1.33 bits per heavy atom. The molecule has 2 fully saturated rings. The fourth-order valence-electron chi connectivity index (χ4n) is 2.49. The molecule has 1 saturated carbocycles. The van der Waals surface area contributed by atoms with Crippen LogP contribution in [0.2, 0.25) is 0 Å². The minimum absolute atomic E-state index is 0.206. The van der Waals surface area contributed by atoms with Gasteiger partial charge in [0.25, 0.3) is 0 Å². The lowest BCUT2D eigenvalue weighted by molar-refractivity contribution is -0.0356. The molecule has 70 valence electrons. The van der Waals surface area contributed by atoms with E-state index in [1.54, 1.807) is 6.92 Å². The largest absolute Gasteiger partial charge is 0.392 e. The zero-order valence-electron chi connectivity index (χ0n) is 7.29. The van der Waals surface area contributed by atoms with Gasteiger partial charge in [0.1, 0.15) is 5.67 Å². The summed E-state index contributed by atoms with van der Waals surface area (Å²) in [5.41, 5.74) is -1.02. The molecule has 3 heteroatoms. The summed E-state index contributed by atoms with van der Waals surface area (Å²) in [5, 5.41) is 9.74. The zero-order valence-corrected chi connectivity index (χ0v) is 8.11. The fraction of sp³-hybridized carbons (Fsp3) is 1.00. The quantitative estimate of drug-likeness (QED) is 0.629. The fourth-order valence-corrected chi connectivity index (χ4v) is 3.86. The number of hydrogen-bond donors (Lipinski definition) is 1. The number of hydrogen-bond acceptors (Lipinski definition) is 2. The number of aliphatic hydroxyl groups is 1. The number of fused-ring (bicyclic) bond motifs is 2. The van der Waals surface area contributed by atoms with Gasteiger partial charge in [0.2, 0.25) is 0 Å². The molecule has 1 heterocycles. The van der Waals surface area contributed by atoms with E-state index in [1.807, 2.05) is 11.8 Å². The highest BCUT2D eigenvalue weighted by Crippen LogP contribution is 2.44. The van der Waals surface area contributed by atoms with Gasteiger partial charge in [-0.15, -0.1) is 0 Å². The molecule has 2 unspecified atom stereocenters. The van der Waals surface area contributed by atoms with Gasteiger partial charge in [-0.25, -0.2) is 4.39 Å². The van der Waals surface area contributed by atoms with Crippen LogP contribution in [0.4, 0.5) is 4.39 Å². The van der Waals surface area contributed by atoms with Crippen LogP contribution in [-0.4, -0.2) is 28.4 Å². The Morgan fingerprint density at radius 2 is 1.83 bits per heavy atom. The Bertz CT molecular complexity index is 167. The number of alkyl halides is 1. The van der Waals surface area contributed by atoms with Crippen molar-refractivity contribution in [2.24, 2.45) is 11.8 Å². The van der Waals surface area contributed by atoms with E-state index < -0.39 is 5.67 Å². The Labute approximate surface area is 76.7 Å². The third-order valence-corrected chi connectivity index (χ3v) is 4.33. The molecule has 1 aliphatic carbocycles. The maximum Gasteiger partial charge on any atom is 0.109 e. The van der Waals surface area contributed by atoms with Gasteiger partial charge >= 0.3 is 0 Å². The molecule has 12 heavy (non-hydrogen) atoms. The molecule has 2 bridgehead atoms. The number of rotatable bonds is 0. The summed E-state index contributed by atoms with van der Waals surface area (Å²) < 4.78 is 13.6. The first kappa shape index (κ1) is 8.82. The SMILES string of the molecule is CC1(F)CC2CSCC(C1)C2O. The molecule has 0 spiro atoms. The molecule has 0 aromatic rings. The Morgan fingerprint density at radius 3 is 2.33 bits per heavy atom. The van der Waals surface area contributed by atoms with Gasteiger partial charge in [-0.1, -0.05) is 0 Å². The van der Waals surface area contributed by atoms with E-state index in [9.17, 15) is 9.50 Å². The minimum atomic E-state index is -1.02. The van der Waals surface area contributed by atoms with Crippen molar-refractivity contribution in [1.29, 1.82) is 0 Å². The van der Waals surface area contributed by atoms with Gasteiger partial charge in [-0.2, -0.15) is 11.8 Å². The van der Waals surface area contributed by atoms with Gasteiger partial charge in [-0.3, -0.25) is 0 Å². The Kier molecular flexibility index (Phi) is 2.11. The van der Waals surface area contributed by atoms with Crippen LogP contribution in [0.15, 0.2) is 0 Å². The molecule has 1 aliphatic heterocycles. The summed E-state index contributed by atoms with van der Waals surface area (Å²) in [6.45, 7) is 1.68. The molecule has 1 saturated heterocycles. The average molecular weight is 190 g/mol. The zero-order chi connectivity index (χ0) is 8.77. The third-order valence-electron chi connectivity index (χ3n) is 3.01. The van der Waals surface area contributed by atoms with E-state index in [0.717, 1.165) is 11.5 Å². The molecule has 0 amide bonds. The van der Waals surface area contributed by atoms with Crippen LogP contribution in [0.25, 0.3) is 0 Å². The van der Waals surface area contributed by atoms with Gasteiger partial charge in [0.05, 0.1) is 6.10 Å². The van der Waals surface area contributed by atoms with Crippen molar-refractivity contribution in [2.75, 3.05) is 11.5 Å². The molecule has 1 nitrogen and oxygen atoms in total. The van der Waals surface area contributed by atoms with Crippen LogP contribution in [-0.2, 0) is 0 Å². The average Bonchev–Trinajstić information content (AvgIpc) is 1.92. The lowest BCUT2D eigenvalue weighted by Crippen LogP contribution is -2.47. The highest BCUT2D eigenvalue weighted by molar-refractivity contribution is 7.99. The Hall–Kier alpha value is 0.240. The second kappa shape index (κ2) is 2.88. The van der Waals surface area contributed by atoms with Crippen LogP contribution in [0, 0.1) is 11.8 Å². The van der Waals surface area contributed by atoms with Gasteiger partial charge in [-0.05, 0) is 43.1 Å². The lowest BCUT2D eigenvalue weighted by atomic mass is 9.73. The molecule has 0 aromatic carbocycles. The topological polar surface area (TPSA) is 20.2 Å². The molecular weight excluding hydrogens is 175 g/mol. The van der Waals surface area contributed by atoms with Crippen LogP contribution in [0.5, 0.6) is 0 Å². The van der Waals surface area contributed by atoms with E-state index in [2.05, 4.69) is 0 Å². The van der Waals surface area contributed by atoms with E-state index in [-0.39, 0.29) is 17.9 Å². The van der Waals surface area contributed by atoms with Crippen molar-refractivity contribution in [1.82, 2.24) is 0 Å². The first-order valence-electron chi connectivity index (χ1n) is 4.53. The standard InChI is InChI=1S/C9H15FOS/c1-9(10)2-6-4-12-5-7(3-9)8(6)11/h6-8,11H,2-5H2,1H3. The maximum absolute atomic E-state index is 13.6. The number of halogens is 1. The van der Waals surface area contributed by atoms with E-state index >= 15 is 0 Å². The maximum atomic E-state index is 13.6. The predicted molar refractivity (Wildman–Crippen MR) is 49.1 cm³/mol. The van der Waals surface area contributed by atoms with Crippen molar-refractivity contribution >= 4 is 11.8 Å². The second-order valence-electron chi connectivity index (χ2n) is 4.37. The molecule has 2 aliphatic rings. The van der Waals surface area contributed by atoms with Crippen LogP contribution in [0.3, 0.4) is 0 Å². The summed E-state index contributed by atoms with van der Waals surface area (Å²) in [6, 6.07) is 0. The normalized spacial score (nSPS) is 53.8. The third kappa shape index (κ3) is 1.49. The van der Waals surface area contributed by atoms with Crippen molar-refractivity contribution < 1.29 is 9.50 Å². The summed E-state index contributed by atoms with van der Waals surface area (Å²) in [7, 11) is 0. The Balaban J connectivity index is 2.12. The van der Waals surface area contributed by atoms with Crippen molar-refractivity contribution in [2.45, 2.75) is 31.5 Å². The summed E-state index contributed by atoms with van der Waals surface area (Å²) in [5.74, 6) is 2.30. The molecule has 2 rings (SSSR count). The summed E-state index contributed by atoms with van der Waals surface area (Å²) >= 11 is 1.86. The van der Waals surface area contributed by atoms with Gasteiger partial charge in [0.15, 0.2) is 0 Å². The second-order valence-corrected chi connectivity index (χ2v) is 5.44. The summed E-state index contributed by atoms with van der Waals surface area (Å²) in [4.78, 5) is 0. The van der Waals surface area contributed by atoms with Crippen molar-refractivity contribution in [3.63, 3.8) is 0 Å². The van der Waals surface area contributed by atoms with E-state index in [1.165, 1.54) is 0 Å². The highest BCUT2D eigenvalue weighted by Gasteiger charge is 2.45. The molecule has 1 N–H and O–H groups in total. The number of aliphatic hydroxyl groups excluding tert-OH is 1.